The van der Waals surface area contributed by atoms with E-state index in [4.69, 9.17) is 0 Å². The molecule has 1 unspecified atom stereocenters. The number of hydrogen-bond donors (Lipinski definition) is 0. The predicted molar refractivity (Wildman–Crippen MR) is 69.7 cm³/mol. The maximum absolute atomic E-state index is 2.53. The van der Waals surface area contributed by atoms with Crippen molar-refractivity contribution in [2.24, 2.45) is 0 Å². The summed E-state index contributed by atoms with van der Waals surface area (Å²) in [6.45, 7) is 0. The molecule has 2 aliphatic carbocycles. The summed E-state index contributed by atoms with van der Waals surface area (Å²) in [4.78, 5) is 0. The van der Waals surface area contributed by atoms with Gasteiger partial charge in [0.2, 0.25) is 0 Å². The van der Waals surface area contributed by atoms with Gasteiger partial charge in [0.25, 0.3) is 0 Å². The standard InChI is InChI=1S/C9H7.C5H5.C2H4.2ClH.Hf/c1-2-5-9-7-3-6-8(9)4-1;1-2-4-5-3-1;1-2;;;/h1-7H;1-3H,4H2;1-2H2;2*1H;/q;;;;;+2/p-2. The molecule has 0 N–H and O–H groups in total. The maximum atomic E-state index is 2.53. The van der Waals surface area contributed by atoms with Gasteiger partial charge in [-0.05, 0) is 0 Å². The molecule has 1 saturated heterocycles. The fourth-order valence-corrected chi connectivity index (χ4v) is 26.6. The minimum atomic E-state index is -2.08. The molecule has 0 bridgehead atoms. The molecule has 0 nitrogen and oxygen atoms in total. The Morgan fingerprint density at radius 2 is 1.84 bits per heavy atom. The Balaban J connectivity index is 0.000000667. The summed E-state index contributed by atoms with van der Waals surface area (Å²) < 4.78 is 5.90. The molecule has 3 heteroatoms. The van der Waals surface area contributed by atoms with E-state index in [1.54, 1.807) is 13.9 Å². The van der Waals surface area contributed by atoms with Crippen molar-refractivity contribution in [3.05, 3.63) is 63.0 Å². The first-order chi connectivity index (χ1) is 8.40. The van der Waals surface area contributed by atoms with Crippen molar-refractivity contribution < 1.29 is 44.8 Å². The van der Waals surface area contributed by atoms with Crippen LogP contribution in [-0.2, 0) is 20.0 Å². The minimum Gasteiger partial charge on any atom is -1.00 e. The van der Waals surface area contributed by atoms with Gasteiger partial charge in [-0.1, -0.05) is 0 Å². The molecule has 19 heavy (non-hydrogen) atoms. The summed E-state index contributed by atoms with van der Waals surface area (Å²) in [6.07, 6.45) is 13.2. The molecule has 0 spiro atoms. The van der Waals surface area contributed by atoms with E-state index in [1.807, 2.05) is 3.33 Å². The molecular formula is C16H16Cl2Hf. The number of halogens is 2. The first kappa shape index (κ1) is 15.3. The largest absolute Gasteiger partial charge is 1.00 e. The molecule has 1 fully saturated rings. The summed E-state index contributed by atoms with van der Waals surface area (Å²) in [5, 5.41) is 0. The Hall–Kier alpha value is -0.110. The molecule has 1 heterocycles. The van der Waals surface area contributed by atoms with E-state index in [-0.39, 0.29) is 24.8 Å². The third-order valence-electron chi connectivity index (χ3n) is 4.59. The smallest absolute Gasteiger partial charge is 1.00 e. The molecule has 0 radical (unpaired) electrons. The first-order valence-corrected chi connectivity index (χ1v) is 15.5. The fourth-order valence-electron chi connectivity index (χ4n) is 3.51. The van der Waals surface area contributed by atoms with Gasteiger partial charge >= 0.3 is 108 Å². The molecule has 0 saturated carbocycles. The average Bonchev–Trinajstić information content (AvgIpc) is 2.85. The van der Waals surface area contributed by atoms with Crippen LogP contribution >= 0.6 is 0 Å². The minimum absolute atomic E-state index is 0. The van der Waals surface area contributed by atoms with Crippen LogP contribution in [0.15, 0.2) is 51.9 Å². The topological polar surface area (TPSA) is 0 Å². The first-order valence-electron chi connectivity index (χ1n) is 6.53. The van der Waals surface area contributed by atoms with Crippen LogP contribution in [0.3, 0.4) is 0 Å². The van der Waals surface area contributed by atoms with Gasteiger partial charge in [0.1, 0.15) is 0 Å². The normalized spacial score (nSPS) is 22.5. The summed E-state index contributed by atoms with van der Waals surface area (Å²) >= 11 is -2.08. The van der Waals surface area contributed by atoms with Crippen molar-refractivity contribution in [2.45, 2.75) is 18.5 Å². The quantitative estimate of drug-likeness (QED) is 0.480. The summed E-state index contributed by atoms with van der Waals surface area (Å²) in [5.74, 6) is 0. The molecule has 3 aliphatic rings. The van der Waals surface area contributed by atoms with Crippen LogP contribution in [0.4, 0.5) is 0 Å². The van der Waals surface area contributed by atoms with E-state index in [9.17, 15) is 0 Å². The van der Waals surface area contributed by atoms with E-state index >= 15 is 0 Å². The Morgan fingerprint density at radius 3 is 2.53 bits per heavy atom. The zero-order valence-corrected chi connectivity index (χ0v) is 15.8. The molecule has 1 aromatic rings. The summed E-state index contributed by atoms with van der Waals surface area (Å²) in [7, 11) is 0. The van der Waals surface area contributed by atoms with Crippen molar-refractivity contribution in [1.82, 2.24) is 0 Å². The Kier molecular flexibility index (Phi) is 4.59. The van der Waals surface area contributed by atoms with Gasteiger partial charge in [0.05, 0.1) is 0 Å². The summed E-state index contributed by atoms with van der Waals surface area (Å²) in [6, 6.07) is 9.02. The van der Waals surface area contributed by atoms with Crippen LogP contribution in [0.2, 0.25) is 8.35 Å². The third kappa shape index (κ3) is 2.34. The number of fused-ring (bicyclic) bond motifs is 1. The number of allylic oxidation sites excluding steroid dienone is 5. The van der Waals surface area contributed by atoms with Crippen LogP contribution in [-0.4, -0.2) is 0 Å². The molecule has 1 aliphatic heterocycles. The molecule has 98 valence electrons. The fraction of sp³-hybridized carbons (Fsp3) is 0.250. The van der Waals surface area contributed by atoms with Crippen LogP contribution in [0.5, 0.6) is 0 Å². The van der Waals surface area contributed by atoms with Gasteiger partial charge in [-0.2, -0.15) is 0 Å². The zero-order chi connectivity index (χ0) is 11.3. The summed E-state index contributed by atoms with van der Waals surface area (Å²) in [5.41, 5.74) is 3.12. The van der Waals surface area contributed by atoms with Crippen molar-refractivity contribution in [2.75, 3.05) is 0 Å². The van der Waals surface area contributed by atoms with Crippen molar-refractivity contribution in [3.8, 4) is 0 Å². The molecule has 1 atom stereocenters. The van der Waals surface area contributed by atoms with E-state index in [1.165, 1.54) is 12.0 Å². The number of hydrogen-bond acceptors (Lipinski definition) is 0. The van der Waals surface area contributed by atoms with Gasteiger partial charge in [0, 0.05) is 0 Å². The SMILES string of the molecule is C1=CC[C]([Hf+2]2([CH]3C=Cc4ccccc43)[CH2][CH2]2)=C1.[Cl-].[Cl-]. The second kappa shape index (κ2) is 5.71. The van der Waals surface area contributed by atoms with Gasteiger partial charge in [-0.3, -0.25) is 0 Å². The molecule has 4 rings (SSSR count). The van der Waals surface area contributed by atoms with Crippen LogP contribution in [0.25, 0.3) is 6.08 Å². The molecule has 1 aromatic carbocycles. The Labute approximate surface area is 131 Å². The second-order valence-corrected chi connectivity index (χ2v) is 21.9. The van der Waals surface area contributed by atoms with Crippen molar-refractivity contribution in [3.63, 3.8) is 0 Å². The van der Waals surface area contributed by atoms with Crippen molar-refractivity contribution in [1.29, 1.82) is 0 Å². The van der Waals surface area contributed by atoms with E-state index in [2.05, 4.69) is 54.6 Å². The zero-order valence-electron chi connectivity index (χ0n) is 10.7. The Bertz CT molecular complexity index is 568. The third-order valence-corrected chi connectivity index (χ3v) is 22.3. The van der Waals surface area contributed by atoms with Gasteiger partial charge in [0.15, 0.2) is 0 Å². The van der Waals surface area contributed by atoms with Crippen LogP contribution in [0, 0.1) is 0 Å². The Morgan fingerprint density at radius 1 is 1.05 bits per heavy atom. The monoisotopic (exact) mass is 458 g/mol. The van der Waals surface area contributed by atoms with Crippen LogP contribution < -0.4 is 24.8 Å². The van der Waals surface area contributed by atoms with E-state index < -0.39 is 20.0 Å². The van der Waals surface area contributed by atoms with Gasteiger partial charge in [-0.25, -0.2) is 0 Å². The predicted octanol–water partition coefficient (Wildman–Crippen LogP) is -1.39. The van der Waals surface area contributed by atoms with Crippen molar-refractivity contribution >= 4 is 6.08 Å². The molecule has 0 aromatic heterocycles. The maximum Gasteiger partial charge on any atom is -1.00 e. The number of benzene rings is 1. The van der Waals surface area contributed by atoms with E-state index in [0.717, 1.165) is 3.67 Å². The second-order valence-electron chi connectivity index (χ2n) is 5.45. The van der Waals surface area contributed by atoms with E-state index in [0.29, 0.717) is 0 Å². The number of rotatable bonds is 2. The molecular weight excluding hydrogens is 442 g/mol. The van der Waals surface area contributed by atoms with Gasteiger partial charge < -0.3 is 24.8 Å². The average molecular weight is 458 g/mol. The van der Waals surface area contributed by atoms with Gasteiger partial charge in [-0.15, -0.1) is 0 Å². The molecule has 0 amide bonds. The van der Waals surface area contributed by atoms with Crippen LogP contribution in [0.1, 0.15) is 21.2 Å².